The van der Waals surface area contributed by atoms with Gasteiger partial charge in [-0.2, -0.15) is 18.4 Å². The molecule has 0 unspecified atom stereocenters. The lowest BCUT2D eigenvalue weighted by atomic mass is 10.0. The van der Waals surface area contributed by atoms with Crippen LogP contribution >= 0.6 is 0 Å². The Morgan fingerprint density at radius 3 is 2.50 bits per heavy atom. The van der Waals surface area contributed by atoms with Gasteiger partial charge in [-0.15, -0.1) is 0 Å². The highest BCUT2D eigenvalue weighted by Gasteiger charge is 2.34. The zero-order valence-electron chi connectivity index (χ0n) is 7.92. The molecule has 16 heavy (non-hydrogen) atoms. The minimum atomic E-state index is -4.55. The van der Waals surface area contributed by atoms with Gasteiger partial charge in [-0.1, -0.05) is 18.2 Å². The molecule has 80 valence electrons. The van der Waals surface area contributed by atoms with E-state index in [1.54, 1.807) is 24.3 Å². The standard InChI is InChI=1S/C11H5F3N2/c12-11(13,14)9-6-16-10-4-2-1-3-7(10)8(9)5-15/h1-4,6H. The summed E-state index contributed by atoms with van der Waals surface area (Å²) in [7, 11) is 0. The molecule has 0 bridgehead atoms. The van der Waals surface area contributed by atoms with Crippen LogP contribution in [0.3, 0.4) is 0 Å². The fourth-order valence-corrected chi connectivity index (χ4v) is 1.48. The first-order valence-electron chi connectivity index (χ1n) is 4.39. The third-order valence-electron chi connectivity index (χ3n) is 2.19. The maximum absolute atomic E-state index is 12.6. The molecule has 0 saturated carbocycles. The van der Waals surface area contributed by atoms with Gasteiger partial charge < -0.3 is 0 Å². The van der Waals surface area contributed by atoms with Crippen molar-refractivity contribution in [1.82, 2.24) is 4.98 Å². The Labute approximate surface area is 89.0 Å². The van der Waals surface area contributed by atoms with Crippen LogP contribution in [0.25, 0.3) is 10.9 Å². The topological polar surface area (TPSA) is 36.7 Å². The van der Waals surface area contributed by atoms with Crippen molar-refractivity contribution in [1.29, 1.82) is 5.26 Å². The Morgan fingerprint density at radius 2 is 1.88 bits per heavy atom. The summed E-state index contributed by atoms with van der Waals surface area (Å²) in [5.41, 5.74) is -0.987. The summed E-state index contributed by atoms with van der Waals surface area (Å²) >= 11 is 0. The lowest BCUT2D eigenvalue weighted by molar-refractivity contribution is -0.137. The van der Waals surface area contributed by atoms with Crippen molar-refractivity contribution < 1.29 is 13.2 Å². The Bertz CT molecular complexity index is 582. The average molecular weight is 222 g/mol. The van der Waals surface area contributed by atoms with E-state index in [2.05, 4.69) is 4.98 Å². The molecule has 0 radical (unpaired) electrons. The van der Waals surface area contributed by atoms with Crippen molar-refractivity contribution in [3.05, 3.63) is 41.6 Å². The predicted molar refractivity (Wildman–Crippen MR) is 51.5 cm³/mol. The minimum absolute atomic E-state index is 0.222. The monoisotopic (exact) mass is 222 g/mol. The summed E-state index contributed by atoms with van der Waals surface area (Å²) in [4.78, 5) is 3.69. The number of alkyl halides is 3. The van der Waals surface area contributed by atoms with Crippen molar-refractivity contribution >= 4 is 10.9 Å². The lowest BCUT2D eigenvalue weighted by Gasteiger charge is -2.09. The SMILES string of the molecule is N#Cc1c(C(F)(F)F)cnc2ccccc12. The van der Waals surface area contributed by atoms with Crippen molar-refractivity contribution in [3.8, 4) is 6.07 Å². The molecule has 2 aromatic rings. The summed E-state index contributed by atoms with van der Waals surface area (Å²) in [6.45, 7) is 0. The molecule has 0 N–H and O–H groups in total. The first kappa shape index (κ1) is 10.4. The molecule has 0 fully saturated rings. The average Bonchev–Trinajstić information content (AvgIpc) is 2.26. The molecule has 2 rings (SSSR count). The lowest BCUT2D eigenvalue weighted by Crippen LogP contribution is -2.08. The second-order valence-corrected chi connectivity index (χ2v) is 3.17. The molecule has 2 nitrogen and oxygen atoms in total. The first-order valence-corrected chi connectivity index (χ1v) is 4.39. The van der Waals surface area contributed by atoms with E-state index in [-0.39, 0.29) is 10.9 Å². The molecular weight excluding hydrogens is 217 g/mol. The van der Waals surface area contributed by atoms with Crippen LogP contribution < -0.4 is 0 Å². The fourth-order valence-electron chi connectivity index (χ4n) is 1.48. The van der Waals surface area contributed by atoms with Gasteiger partial charge >= 0.3 is 6.18 Å². The van der Waals surface area contributed by atoms with E-state index in [9.17, 15) is 13.2 Å². The summed E-state index contributed by atoms with van der Waals surface area (Å²) in [5.74, 6) is 0. The van der Waals surface area contributed by atoms with Crippen LogP contribution in [0, 0.1) is 11.3 Å². The number of nitrogens with zero attached hydrogens (tertiary/aromatic N) is 2. The number of rotatable bonds is 0. The van der Waals surface area contributed by atoms with Crippen LogP contribution in [-0.4, -0.2) is 4.98 Å². The second kappa shape index (κ2) is 3.49. The number of halogens is 3. The van der Waals surface area contributed by atoms with E-state index in [4.69, 9.17) is 5.26 Å². The zero-order chi connectivity index (χ0) is 11.8. The molecular formula is C11H5F3N2. The van der Waals surface area contributed by atoms with Gasteiger partial charge in [0.25, 0.3) is 0 Å². The molecule has 1 aromatic heterocycles. The molecule has 0 aliphatic rings. The number of hydrogen-bond acceptors (Lipinski definition) is 2. The van der Waals surface area contributed by atoms with E-state index < -0.39 is 11.7 Å². The normalized spacial score (nSPS) is 11.4. The van der Waals surface area contributed by atoms with Gasteiger partial charge in [-0.25, -0.2) is 0 Å². The molecule has 0 saturated heterocycles. The molecule has 0 aliphatic heterocycles. The van der Waals surface area contributed by atoms with Crippen molar-refractivity contribution in [2.24, 2.45) is 0 Å². The molecule has 0 aliphatic carbocycles. The van der Waals surface area contributed by atoms with Crippen molar-refractivity contribution in [2.45, 2.75) is 6.18 Å². The Morgan fingerprint density at radius 1 is 1.19 bits per heavy atom. The molecule has 5 heteroatoms. The summed E-state index contributed by atoms with van der Waals surface area (Å²) in [6.07, 6.45) is -3.86. The third-order valence-corrected chi connectivity index (χ3v) is 2.19. The van der Waals surface area contributed by atoms with Crippen LogP contribution in [0.4, 0.5) is 13.2 Å². The first-order chi connectivity index (χ1) is 7.54. The van der Waals surface area contributed by atoms with Crippen molar-refractivity contribution in [3.63, 3.8) is 0 Å². The van der Waals surface area contributed by atoms with E-state index in [1.165, 1.54) is 6.07 Å². The summed E-state index contributed by atoms with van der Waals surface area (Å²) in [6, 6.07) is 7.84. The number of para-hydroxylation sites is 1. The highest BCUT2D eigenvalue weighted by molar-refractivity contribution is 5.85. The quantitative estimate of drug-likeness (QED) is 0.686. The van der Waals surface area contributed by atoms with E-state index in [0.29, 0.717) is 11.7 Å². The van der Waals surface area contributed by atoms with Crippen LogP contribution in [0.5, 0.6) is 0 Å². The Kier molecular flexibility index (Phi) is 2.27. The van der Waals surface area contributed by atoms with Crippen LogP contribution in [0.1, 0.15) is 11.1 Å². The highest BCUT2D eigenvalue weighted by atomic mass is 19.4. The van der Waals surface area contributed by atoms with Gasteiger partial charge in [0, 0.05) is 11.6 Å². The highest BCUT2D eigenvalue weighted by Crippen LogP contribution is 2.33. The maximum atomic E-state index is 12.6. The number of fused-ring (bicyclic) bond motifs is 1. The van der Waals surface area contributed by atoms with Gasteiger partial charge in [-0.3, -0.25) is 4.98 Å². The molecule has 0 amide bonds. The summed E-state index contributed by atoms with van der Waals surface area (Å²) < 4.78 is 37.7. The summed E-state index contributed by atoms with van der Waals surface area (Å²) in [5, 5.41) is 9.02. The third kappa shape index (κ3) is 1.58. The Balaban J connectivity index is 2.85. The number of aromatic nitrogens is 1. The maximum Gasteiger partial charge on any atom is 0.419 e. The smallest absolute Gasteiger partial charge is 0.256 e. The van der Waals surface area contributed by atoms with Gasteiger partial charge in [-0.05, 0) is 6.07 Å². The molecule has 1 heterocycles. The molecule has 0 spiro atoms. The van der Waals surface area contributed by atoms with Gasteiger partial charge in [0.2, 0.25) is 0 Å². The zero-order valence-corrected chi connectivity index (χ0v) is 7.92. The largest absolute Gasteiger partial charge is 0.419 e. The minimum Gasteiger partial charge on any atom is -0.256 e. The number of benzene rings is 1. The molecule has 0 atom stereocenters. The van der Waals surface area contributed by atoms with E-state index in [0.717, 1.165) is 0 Å². The Hall–Kier alpha value is -2.09. The van der Waals surface area contributed by atoms with E-state index >= 15 is 0 Å². The number of hydrogen-bond donors (Lipinski definition) is 0. The number of nitriles is 1. The number of pyridine rings is 1. The van der Waals surface area contributed by atoms with Gasteiger partial charge in [0.15, 0.2) is 0 Å². The predicted octanol–water partition coefficient (Wildman–Crippen LogP) is 3.13. The van der Waals surface area contributed by atoms with Crippen LogP contribution in [-0.2, 0) is 6.18 Å². The molecule has 1 aromatic carbocycles. The van der Waals surface area contributed by atoms with Crippen molar-refractivity contribution in [2.75, 3.05) is 0 Å². The van der Waals surface area contributed by atoms with Gasteiger partial charge in [0.05, 0.1) is 16.6 Å². The second-order valence-electron chi connectivity index (χ2n) is 3.17. The van der Waals surface area contributed by atoms with Crippen LogP contribution in [0.15, 0.2) is 30.5 Å². The van der Waals surface area contributed by atoms with Gasteiger partial charge in [0.1, 0.15) is 6.07 Å². The van der Waals surface area contributed by atoms with Crippen LogP contribution in [0.2, 0.25) is 0 Å². The fraction of sp³-hybridized carbons (Fsp3) is 0.0909. The van der Waals surface area contributed by atoms with E-state index in [1.807, 2.05) is 0 Å².